The van der Waals surface area contributed by atoms with E-state index in [2.05, 4.69) is 25.3 Å². The Kier molecular flexibility index (Phi) is 7.91. The van der Waals surface area contributed by atoms with Gasteiger partial charge in [-0.3, -0.25) is 4.72 Å². The zero-order chi connectivity index (χ0) is 28.9. The Bertz CT molecular complexity index is 1780. The second-order valence-corrected chi connectivity index (χ2v) is 13.6. The Morgan fingerprint density at radius 2 is 1.93 bits per heavy atom. The highest BCUT2D eigenvalue weighted by Gasteiger charge is 2.63. The van der Waals surface area contributed by atoms with E-state index >= 15 is 4.39 Å². The molecule has 2 atom stereocenters. The van der Waals surface area contributed by atoms with Crippen LogP contribution in [0.5, 0.6) is 11.6 Å². The van der Waals surface area contributed by atoms with E-state index in [4.69, 9.17) is 9.72 Å². The molecule has 3 heterocycles. The average molecular weight is 625 g/mol. The lowest BCUT2D eigenvalue weighted by Gasteiger charge is -2.23. The molecule has 0 radical (unpaired) electrons. The molecule has 4 aromatic rings. The Balaban J connectivity index is 0.00000329. The summed E-state index contributed by atoms with van der Waals surface area (Å²) in [6.45, 7) is 3.76. The maximum Gasteiger partial charge on any atom is 0.233 e. The molecule has 0 bridgehead atoms. The van der Waals surface area contributed by atoms with Gasteiger partial charge >= 0.3 is 0 Å². The van der Waals surface area contributed by atoms with E-state index in [1.807, 2.05) is 19.1 Å². The quantitative estimate of drug-likeness (QED) is 0.206. The van der Waals surface area contributed by atoms with Crippen LogP contribution in [0.3, 0.4) is 0 Å². The summed E-state index contributed by atoms with van der Waals surface area (Å²) in [7, 11) is -3.72. The number of pyridine rings is 1. The van der Waals surface area contributed by atoms with Crippen molar-refractivity contribution in [1.82, 2.24) is 20.3 Å². The van der Waals surface area contributed by atoms with Gasteiger partial charge in [-0.1, -0.05) is 12.1 Å². The first-order chi connectivity index (χ1) is 20.3. The van der Waals surface area contributed by atoms with Gasteiger partial charge in [-0.15, -0.1) is 12.4 Å². The first-order valence-electron chi connectivity index (χ1n) is 14.5. The highest BCUT2D eigenvalue weighted by Crippen LogP contribution is 2.70. The highest BCUT2D eigenvalue weighted by atomic mass is 35.5. The minimum atomic E-state index is -3.72. The van der Waals surface area contributed by atoms with Crippen molar-refractivity contribution in [3.63, 3.8) is 0 Å². The molecule has 226 valence electrons. The molecule has 2 aromatic carbocycles. The summed E-state index contributed by atoms with van der Waals surface area (Å²) in [5.41, 5.74) is 2.28. The predicted molar refractivity (Wildman–Crippen MR) is 168 cm³/mol. The number of sulfonamides is 1. The minimum Gasteiger partial charge on any atom is -0.437 e. The number of halogens is 2. The van der Waals surface area contributed by atoms with Crippen LogP contribution >= 0.6 is 12.4 Å². The lowest BCUT2D eigenvalue weighted by Crippen LogP contribution is -2.38. The molecule has 3 N–H and O–H groups in total. The van der Waals surface area contributed by atoms with Crippen LogP contribution < -0.4 is 20.1 Å². The fraction of sp³-hybridized carbons (Fsp3) is 0.387. The van der Waals surface area contributed by atoms with Crippen molar-refractivity contribution in [2.75, 3.05) is 28.9 Å². The molecule has 9 nitrogen and oxygen atoms in total. The molecule has 2 aromatic heterocycles. The number of rotatable bonds is 9. The molecule has 3 aliphatic rings. The number of hydrogen-bond acceptors (Lipinski definition) is 8. The molecule has 0 unspecified atom stereocenters. The molecule has 1 saturated heterocycles. The number of nitrogens with zero attached hydrogens (tertiary/aromatic N) is 3. The van der Waals surface area contributed by atoms with Gasteiger partial charge < -0.3 is 15.4 Å². The minimum absolute atomic E-state index is 0. The van der Waals surface area contributed by atoms with Crippen LogP contribution in [0.25, 0.3) is 22.0 Å². The fourth-order valence-corrected chi connectivity index (χ4v) is 7.70. The molecular weight excluding hydrogens is 591 g/mol. The maximum atomic E-state index is 15.1. The Labute approximate surface area is 256 Å². The Hall–Kier alpha value is -3.54. The van der Waals surface area contributed by atoms with Gasteiger partial charge in [-0.25, -0.2) is 27.8 Å². The van der Waals surface area contributed by atoms with Crippen LogP contribution in [0.1, 0.15) is 37.7 Å². The summed E-state index contributed by atoms with van der Waals surface area (Å²) in [6, 6.07) is 12.1. The maximum absolute atomic E-state index is 15.1. The van der Waals surface area contributed by atoms with Gasteiger partial charge in [0, 0.05) is 35.8 Å². The van der Waals surface area contributed by atoms with Gasteiger partial charge in [0.1, 0.15) is 11.6 Å². The van der Waals surface area contributed by atoms with Crippen molar-refractivity contribution in [1.29, 1.82) is 0 Å². The van der Waals surface area contributed by atoms with Crippen molar-refractivity contribution in [3.8, 4) is 22.9 Å². The Morgan fingerprint density at radius 1 is 1.09 bits per heavy atom. The summed E-state index contributed by atoms with van der Waals surface area (Å²) in [4.78, 5) is 13.6. The van der Waals surface area contributed by atoms with Crippen LogP contribution in [-0.2, 0) is 10.0 Å². The van der Waals surface area contributed by atoms with Gasteiger partial charge in [0.15, 0.2) is 0 Å². The molecule has 1 aliphatic heterocycles. The molecule has 2 aliphatic carbocycles. The second-order valence-electron chi connectivity index (χ2n) is 11.8. The number of anilines is 2. The van der Waals surface area contributed by atoms with Gasteiger partial charge in [-0.2, -0.15) is 0 Å². The summed E-state index contributed by atoms with van der Waals surface area (Å²) in [6.07, 6.45) is 8.61. The van der Waals surface area contributed by atoms with E-state index in [0.717, 1.165) is 50.8 Å². The van der Waals surface area contributed by atoms with Crippen molar-refractivity contribution in [3.05, 3.63) is 66.2 Å². The third kappa shape index (κ3) is 6.11. The number of nitrogens with one attached hydrogen (secondary N) is 3. The average Bonchev–Trinajstić information content (AvgIpc) is 3.90. The monoisotopic (exact) mass is 624 g/mol. The van der Waals surface area contributed by atoms with E-state index in [1.165, 1.54) is 6.07 Å². The molecule has 12 heteroatoms. The summed E-state index contributed by atoms with van der Waals surface area (Å²) in [5, 5.41) is 7.79. The lowest BCUT2D eigenvalue weighted by molar-refractivity contribution is 0.466. The number of aryl methyl sites for hydroxylation is 1. The SMILES string of the molecule is Cc1ccc2c(NS(=O)(=O)C[C@H]3CC34CC4)c(F)ccc2c1Oc1ncccc1-c1ccnc(N[C@H]2CCCNC2)n1.Cl. The second kappa shape index (κ2) is 11.5. The molecule has 7 rings (SSSR count). The van der Waals surface area contributed by atoms with Gasteiger partial charge in [0.25, 0.3) is 0 Å². The number of aromatic nitrogens is 3. The van der Waals surface area contributed by atoms with Crippen molar-refractivity contribution in [2.24, 2.45) is 11.3 Å². The number of piperidine rings is 1. The van der Waals surface area contributed by atoms with Gasteiger partial charge in [0.05, 0.1) is 22.7 Å². The Morgan fingerprint density at radius 3 is 2.70 bits per heavy atom. The van der Waals surface area contributed by atoms with E-state index in [-0.39, 0.29) is 41.2 Å². The zero-order valence-corrected chi connectivity index (χ0v) is 25.4. The van der Waals surface area contributed by atoms with E-state index in [0.29, 0.717) is 39.6 Å². The fourth-order valence-electron chi connectivity index (χ4n) is 6.10. The number of ether oxygens (including phenoxy) is 1. The third-order valence-corrected chi connectivity index (χ3v) is 10.1. The molecule has 1 spiro atoms. The molecule has 0 amide bonds. The smallest absolute Gasteiger partial charge is 0.233 e. The summed E-state index contributed by atoms with van der Waals surface area (Å²) < 4.78 is 50.1. The molecule has 43 heavy (non-hydrogen) atoms. The van der Waals surface area contributed by atoms with Crippen LogP contribution in [0, 0.1) is 24.1 Å². The van der Waals surface area contributed by atoms with Crippen molar-refractivity contribution in [2.45, 2.75) is 45.1 Å². The number of benzene rings is 2. The first kappa shape index (κ1) is 29.5. The van der Waals surface area contributed by atoms with Crippen molar-refractivity contribution >= 4 is 44.8 Å². The molecule has 2 saturated carbocycles. The summed E-state index contributed by atoms with van der Waals surface area (Å²) in [5.74, 6) is 0.866. The number of hydrogen-bond donors (Lipinski definition) is 3. The topological polar surface area (TPSA) is 118 Å². The van der Waals surface area contributed by atoms with Gasteiger partial charge in [-0.05, 0) is 92.8 Å². The molecule has 3 fully saturated rings. The predicted octanol–water partition coefficient (Wildman–Crippen LogP) is 6.06. The van der Waals surface area contributed by atoms with E-state index in [1.54, 1.807) is 36.7 Å². The first-order valence-corrected chi connectivity index (χ1v) is 16.1. The largest absolute Gasteiger partial charge is 0.437 e. The normalized spacial score (nSPS) is 20.3. The van der Waals surface area contributed by atoms with Crippen molar-refractivity contribution < 1.29 is 17.5 Å². The van der Waals surface area contributed by atoms with E-state index in [9.17, 15) is 8.42 Å². The van der Waals surface area contributed by atoms with E-state index < -0.39 is 15.8 Å². The zero-order valence-electron chi connectivity index (χ0n) is 23.8. The van der Waals surface area contributed by atoms with Crippen LogP contribution in [-0.4, -0.2) is 48.3 Å². The standard InChI is InChI=1S/C31H33FN6O3S.ClH/c1-19-6-7-22-23(8-9-25(32)27(22)38-42(39,40)18-20-16-31(20)11-12-31)28(19)41-29-24(5-3-14-34-29)26-10-15-35-30(37-26)36-21-4-2-13-33-17-21;/h3,5-10,14-15,20-21,33,38H,2,4,11-13,16-18H2,1H3,(H,35,36,37);1H/t20-,21+;/m1./s1. The highest BCUT2D eigenvalue weighted by molar-refractivity contribution is 7.92. The molecular formula is C31H34ClFN6O3S. The lowest BCUT2D eigenvalue weighted by atomic mass is 10.0. The summed E-state index contributed by atoms with van der Waals surface area (Å²) >= 11 is 0. The van der Waals surface area contributed by atoms with Crippen LogP contribution in [0.2, 0.25) is 0 Å². The van der Waals surface area contributed by atoms with Crippen LogP contribution in [0.4, 0.5) is 16.0 Å². The van der Waals surface area contributed by atoms with Crippen LogP contribution in [0.15, 0.2) is 54.9 Å². The van der Waals surface area contributed by atoms with Gasteiger partial charge in [0.2, 0.25) is 21.9 Å². The third-order valence-electron chi connectivity index (χ3n) is 8.76. The number of fused-ring (bicyclic) bond motifs is 1.